The predicted molar refractivity (Wildman–Crippen MR) is 83.7 cm³/mol. The zero-order valence-corrected chi connectivity index (χ0v) is 12.5. The maximum Gasteiger partial charge on any atom is 0.303 e. The lowest BCUT2D eigenvalue weighted by Crippen LogP contribution is -2.30. The number of carboxylic acids is 1. The maximum atomic E-state index is 12.2. The first-order valence-electron chi connectivity index (χ1n) is 7.25. The van der Waals surface area contributed by atoms with Crippen molar-refractivity contribution < 1.29 is 14.7 Å². The zero-order chi connectivity index (χ0) is 15.9. The highest BCUT2D eigenvalue weighted by Gasteiger charge is 2.13. The van der Waals surface area contributed by atoms with E-state index in [2.05, 4.69) is 5.32 Å². The van der Waals surface area contributed by atoms with Crippen molar-refractivity contribution in [1.29, 1.82) is 0 Å². The van der Waals surface area contributed by atoms with E-state index in [4.69, 9.17) is 5.11 Å². The summed E-state index contributed by atoms with van der Waals surface area (Å²) in [6.07, 6.45) is 1.91. The Morgan fingerprint density at radius 1 is 1.18 bits per heavy atom. The first-order chi connectivity index (χ1) is 10.6. The fourth-order valence-corrected chi connectivity index (χ4v) is 2.27. The summed E-state index contributed by atoms with van der Waals surface area (Å²) in [6.45, 7) is 2.78. The molecule has 1 atom stereocenters. The molecule has 1 amide bonds. The molecule has 0 fully saturated rings. The maximum absolute atomic E-state index is 12.2. The molecule has 2 N–H and O–H groups in total. The Hall–Kier alpha value is -2.56. The van der Waals surface area contributed by atoms with Crippen LogP contribution in [0.1, 0.15) is 29.4 Å². The van der Waals surface area contributed by atoms with Crippen LogP contribution in [0.25, 0.3) is 0 Å². The molecule has 1 heterocycles. The molecule has 1 aromatic carbocycles. The molecule has 0 saturated heterocycles. The summed E-state index contributed by atoms with van der Waals surface area (Å²) in [5.74, 6) is -1.13. The third-order valence-electron chi connectivity index (χ3n) is 3.39. The Morgan fingerprint density at radius 3 is 2.59 bits per heavy atom. The SMILES string of the molecule is C[C@H](CNC(=O)c1cccn1Cc1ccccc1)CC(=O)O. The highest BCUT2D eigenvalue weighted by molar-refractivity contribution is 5.92. The Kier molecular flexibility index (Phi) is 5.36. The number of hydrogen-bond donors (Lipinski definition) is 2. The number of carbonyl (C=O) groups excluding carboxylic acids is 1. The van der Waals surface area contributed by atoms with Crippen molar-refractivity contribution in [2.75, 3.05) is 6.54 Å². The summed E-state index contributed by atoms with van der Waals surface area (Å²) in [7, 11) is 0. The van der Waals surface area contributed by atoms with E-state index >= 15 is 0 Å². The molecule has 0 aliphatic rings. The van der Waals surface area contributed by atoms with Crippen molar-refractivity contribution in [3.05, 3.63) is 59.9 Å². The lowest BCUT2D eigenvalue weighted by Gasteiger charge is -2.12. The van der Waals surface area contributed by atoms with E-state index in [0.29, 0.717) is 18.8 Å². The van der Waals surface area contributed by atoms with Crippen LogP contribution in [-0.2, 0) is 11.3 Å². The summed E-state index contributed by atoms with van der Waals surface area (Å²) in [5, 5.41) is 11.5. The van der Waals surface area contributed by atoms with Crippen LogP contribution in [0.2, 0.25) is 0 Å². The van der Waals surface area contributed by atoms with Crippen LogP contribution in [0.15, 0.2) is 48.7 Å². The molecule has 0 bridgehead atoms. The van der Waals surface area contributed by atoms with E-state index in [1.54, 1.807) is 13.0 Å². The minimum absolute atomic E-state index is 0.0469. The number of rotatable bonds is 7. The van der Waals surface area contributed by atoms with Gasteiger partial charge in [0.2, 0.25) is 0 Å². The van der Waals surface area contributed by atoms with Gasteiger partial charge in [0.25, 0.3) is 5.91 Å². The lowest BCUT2D eigenvalue weighted by molar-refractivity contribution is -0.137. The van der Waals surface area contributed by atoms with Crippen LogP contribution in [0.5, 0.6) is 0 Å². The Labute approximate surface area is 129 Å². The molecule has 2 rings (SSSR count). The summed E-state index contributed by atoms with van der Waals surface area (Å²) in [5.41, 5.74) is 1.69. The predicted octanol–water partition coefficient (Wildman–Crippen LogP) is 2.38. The quantitative estimate of drug-likeness (QED) is 0.824. The van der Waals surface area contributed by atoms with Crippen LogP contribution in [0, 0.1) is 5.92 Å². The van der Waals surface area contributed by atoms with Crippen molar-refractivity contribution in [2.45, 2.75) is 19.9 Å². The molecule has 0 radical (unpaired) electrons. The minimum atomic E-state index is -0.853. The normalized spacial score (nSPS) is 11.9. The monoisotopic (exact) mass is 300 g/mol. The van der Waals surface area contributed by atoms with Gasteiger partial charge in [-0.1, -0.05) is 37.3 Å². The van der Waals surface area contributed by atoms with Gasteiger partial charge in [-0.3, -0.25) is 9.59 Å². The first-order valence-corrected chi connectivity index (χ1v) is 7.25. The van der Waals surface area contributed by atoms with Gasteiger partial charge in [0.15, 0.2) is 0 Å². The van der Waals surface area contributed by atoms with E-state index in [-0.39, 0.29) is 18.2 Å². The van der Waals surface area contributed by atoms with Gasteiger partial charge in [-0.25, -0.2) is 0 Å². The van der Waals surface area contributed by atoms with E-state index < -0.39 is 5.97 Å². The number of nitrogens with zero attached hydrogens (tertiary/aromatic N) is 1. The smallest absolute Gasteiger partial charge is 0.303 e. The van der Waals surface area contributed by atoms with Gasteiger partial charge in [-0.15, -0.1) is 0 Å². The summed E-state index contributed by atoms with van der Waals surface area (Å²) >= 11 is 0. The van der Waals surface area contributed by atoms with Gasteiger partial charge in [0.1, 0.15) is 5.69 Å². The average Bonchev–Trinajstić information content (AvgIpc) is 2.93. The van der Waals surface area contributed by atoms with Crippen LogP contribution in [0.3, 0.4) is 0 Å². The summed E-state index contributed by atoms with van der Waals surface area (Å²) in [6, 6.07) is 13.5. The number of carbonyl (C=O) groups is 2. The fraction of sp³-hybridized carbons (Fsp3) is 0.294. The molecule has 0 saturated carbocycles. The van der Waals surface area contributed by atoms with E-state index in [0.717, 1.165) is 5.56 Å². The molecule has 116 valence electrons. The van der Waals surface area contributed by atoms with E-state index in [1.807, 2.05) is 47.2 Å². The number of amides is 1. The molecule has 1 aromatic heterocycles. The van der Waals surface area contributed by atoms with E-state index in [9.17, 15) is 9.59 Å². The highest BCUT2D eigenvalue weighted by atomic mass is 16.4. The van der Waals surface area contributed by atoms with Crippen LogP contribution in [-0.4, -0.2) is 28.1 Å². The number of aromatic nitrogens is 1. The van der Waals surface area contributed by atoms with Gasteiger partial charge < -0.3 is 15.0 Å². The Bertz CT molecular complexity index is 634. The number of hydrogen-bond acceptors (Lipinski definition) is 2. The standard InChI is InChI=1S/C17H20N2O3/c1-13(10-16(20)21)11-18-17(22)15-8-5-9-19(15)12-14-6-3-2-4-7-14/h2-9,13H,10-12H2,1H3,(H,18,22)(H,20,21)/t13-/m0/s1. The zero-order valence-electron chi connectivity index (χ0n) is 12.5. The van der Waals surface area contributed by atoms with Crippen molar-refractivity contribution in [3.8, 4) is 0 Å². The van der Waals surface area contributed by atoms with Crippen molar-refractivity contribution >= 4 is 11.9 Å². The molecule has 0 aliphatic carbocycles. The molecular formula is C17H20N2O3. The molecule has 5 heteroatoms. The number of benzene rings is 1. The summed E-state index contributed by atoms with van der Waals surface area (Å²) in [4.78, 5) is 22.9. The Morgan fingerprint density at radius 2 is 1.91 bits per heavy atom. The highest BCUT2D eigenvalue weighted by Crippen LogP contribution is 2.08. The van der Waals surface area contributed by atoms with Crippen LogP contribution >= 0.6 is 0 Å². The van der Waals surface area contributed by atoms with Gasteiger partial charge in [0.05, 0.1) is 0 Å². The van der Waals surface area contributed by atoms with Gasteiger partial charge >= 0.3 is 5.97 Å². The molecule has 5 nitrogen and oxygen atoms in total. The fourth-order valence-electron chi connectivity index (χ4n) is 2.27. The van der Waals surface area contributed by atoms with Crippen LogP contribution < -0.4 is 5.32 Å². The third kappa shape index (κ3) is 4.48. The number of aliphatic carboxylic acids is 1. The molecule has 0 aliphatic heterocycles. The number of nitrogens with one attached hydrogen (secondary N) is 1. The number of carboxylic acid groups (broad SMARTS) is 1. The van der Waals surface area contributed by atoms with Crippen LogP contribution in [0.4, 0.5) is 0 Å². The lowest BCUT2D eigenvalue weighted by atomic mass is 10.1. The molecule has 2 aromatic rings. The second-order valence-corrected chi connectivity index (χ2v) is 5.42. The molecule has 0 unspecified atom stereocenters. The second-order valence-electron chi connectivity index (χ2n) is 5.42. The molecular weight excluding hydrogens is 280 g/mol. The second kappa shape index (κ2) is 7.45. The topological polar surface area (TPSA) is 71.3 Å². The molecule has 0 spiro atoms. The largest absolute Gasteiger partial charge is 0.481 e. The third-order valence-corrected chi connectivity index (χ3v) is 3.39. The van der Waals surface area contributed by atoms with Gasteiger partial charge in [0, 0.05) is 25.7 Å². The Balaban J connectivity index is 1.96. The van der Waals surface area contributed by atoms with Gasteiger partial charge in [-0.05, 0) is 23.6 Å². The van der Waals surface area contributed by atoms with Crippen molar-refractivity contribution in [2.24, 2.45) is 5.92 Å². The first kappa shape index (κ1) is 15.8. The summed E-state index contributed by atoms with van der Waals surface area (Å²) < 4.78 is 1.88. The minimum Gasteiger partial charge on any atom is -0.481 e. The van der Waals surface area contributed by atoms with Crippen molar-refractivity contribution in [1.82, 2.24) is 9.88 Å². The molecule has 22 heavy (non-hydrogen) atoms. The van der Waals surface area contributed by atoms with Gasteiger partial charge in [-0.2, -0.15) is 0 Å². The average molecular weight is 300 g/mol. The van der Waals surface area contributed by atoms with Crippen molar-refractivity contribution in [3.63, 3.8) is 0 Å². The van der Waals surface area contributed by atoms with E-state index in [1.165, 1.54) is 0 Å².